The summed E-state index contributed by atoms with van der Waals surface area (Å²) in [5, 5.41) is 5.56. The zero-order chi connectivity index (χ0) is 13.2. The Bertz CT molecular complexity index is 413. The van der Waals surface area contributed by atoms with Gasteiger partial charge in [0.05, 0.1) is 0 Å². The quantitative estimate of drug-likeness (QED) is 0.880. The van der Waals surface area contributed by atoms with Crippen molar-refractivity contribution in [3.63, 3.8) is 0 Å². The van der Waals surface area contributed by atoms with Crippen LogP contribution in [-0.2, 0) is 0 Å². The number of rotatable bonds is 4. The predicted octanol–water partition coefficient (Wildman–Crippen LogP) is 4.46. The van der Waals surface area contributed by atoms with Crippen LogP contribution in [0.25, 0.3) is 0 Å². The Morgan fingerprint density at radius 2 is 1.89 bits per heavy atom. The van der Waals surface area contributed by atoms with Crippen LogP contribution in [0.4, 0.5) is 0 Å². The van der Waals surface area contributed by atoms with Gasteiger partial charge in [0.2, 0.25) is 0 Å². The van der Waals surface area contributed by atoms with E-state index < -0.39 is 0 Å². The van der Waals surface area contributed by atoms with Crippen molar-refractivity contribution >= 4 is 23.4 Å². The number of benzene rings is 1. The molecule has 1 aromatic rings. The van der Waals surface area contributed by atoms with Gasteiger partial charge in [-0.3, -0.25) is 0 Å². The van der Waals surface area contributed by atoms with E-state index in [4.69, 9.17) is 11.6 Å². The molecule has 19 heavy (non-hydrogen) atoms. The van der Waals surface area contributed by atoms with Crippen molar-refractivity contribution in [2.45, 2.75) is 55.4 Å². The zero-order valence-corrected chi connectivity index (χ0v) is 13.0. The molecule has 1 nitrogen and oxygen atoms in total. The molecule has 0 heterocycles. The summed E-state index contributed by atoms with van der Waals surface area (Å²) >= 11 is 7.98. The minimum Gasteiger partial charge on any atom is -0.310 e. The van der Waals surface area contributed by atoms with Gasteiger partial charge in [0.15, 0.2) is 0 Å². The number of hydrogen-bond donors (Lipinski definition) is 1. The fourth-order valence-electron chi connectivity index (χ4n) is 3.46. The van der Waals surface area contributed by atoms with E-state index in [0.29, 0.717) is 0 Å². The molecule has 3 rings (SSSR count). The molecule has 2 aliphatic carbocycles. The molecule has 104 valence electrons. The fourth-order valence-corrected chi connectivity index (χ4v) is 4.53. The second-order valence-electron chi connectivity index (χ2n) is 5.90. The van der Waals surface area contributed by atoms with Crippen LogP contribution >= 0.6 is 23.4 Å². The van der Waals surface area contributed by atoms with Crippen molar-refractivity contribution in [2.24, 2.45) is 0 Å². The smallest absolute Gasteiger partial charge is 0.0406 e. The molecule has 0 spiro atoms. The van der Waals surface area contributed by atoms with Crippen LogP contribution in [0, 0.1) is 0 Å². The third-order valence-corrected chi connectivity index (χ3v) is 6.11. The molecular formula is C16H22ClNS. The first kappa shape index (κ1) is 13.8. The van der Waals surface area contributed by atoms with E-state index in [1.165, 1.54) is 37.7 Å². The first-order chi connectivity index (χ1) is 9.26. The Morgan fingerprint density at radius 1 is 1.16 bits per heavy atom. The molecule has 0 saturated heterocycles. The van der Waals surface area contributed by atoms with E-state index >= 15 is 0 Å². The monoisotopic (exact) mass is 295 g/mol. The largest absolute Gasteiger partial charge is 0.310 e. The Morgan fingerprint density at radius 3 is 2.58 bits per heavy atom. The molecule has 0 radical (unpaired) electrons. The molecule has 2 unspecified atom stereocenters. The summed E-state index contributed by atoms with van der Waals surface area (Å²) in [5.74, 6) is 0.740. The van der Waals surface area contributed by atoms with E-state index in [1.807, 2.05) is 23.9 Å². The number of thioether (sulfide) groups is 1. The summed E-state index contributed by atoms with van der Waals surface area (Å²) in [7, 11) is 0. The number of hydrogen-bond acceptors (Lipinski definition) is 2. The van der Waals surface area contributed by atoms with Crippen LogP contribution in [0.1, 0.15) is 43.6 Å². The highest BCUT2D eigenvalue weighted by molar-refractivity contribution is 7.99. The minimum absolute atomic E-state index is 0.735. The number of nitrogens with one attached hydrogen (secondary N) is 1. The summed E-state index contributed by atoms with van der Waals surface area (Å²) in [6.07, 6.45) is 9.00. The minimum atomic E-state index is 0.735. The second-order valence-corrected chi connectivity index (χ2v) is 7.41. The summed E-state index contributed by atoms with van der Waals surface area (Å²) in [5.41, 5.74) is 1.45. The first-order valence-electron chi connectivity index (χ1n) is 7.30. The fraction of sp³-hybridized carbons (Fsp3) is 0.625. The van der Waals surface area contributed by atoms with Crippen LogP contribution in [0.3, 0.4) is 0 Å². The SMILES string of the molecule is CSC1CCCC1NC1CC(c2ccc(Cl)cc2)C1. The highest BCUT2D eigenvalue weighted by atomic mass is 35.5. The lowest BCUT2D eigenvalue weighted by Gasteiger charge is -2.39. The molecule has 0 bridgehead atoms. The van der Waals surface area contributed by atoms with Crippen LogP contribution in [0.15, 0.2) is 24.3 Å². The van der Waals surface area contributed by atoms with Crippen molar-refractivity contribution in [2.75, 3.05) is 6.26 Å². The van der Waals surface area contributed by atoms with E-state index in [9.17, 15) is 0 Å². The Hall–Kier alpha value is -0.180. The average molecular weight is 296 g/mol. The van der Waals surface area contributed by atoms with Crippen LogP contribution in [0.5, 0.6) is 0 Å². The van der Waals surface area contributed by atoms with Gasteiger partial charge in [0.1, 0.15) is 0 Å². The molecule has 0 aromatic heterocycles. The molecule has 2 atom stereocenters. The summed E-state index contributed by atoms with van der Waals surface area (Å²) in [6, 6.07) is 9.88. The van der Waals surface area contributed by atoms with Crippen LogP contribution < -0.4 is 5.32 Å². The van der Waals surface area contributed by atoms with Gasteiger partial charge in [-0.1, -0.05) is 30.2 Å². The predicted molar refractivity (Wildman–Crippen MR) is 85.3 cm³/mol. The Balaban J connectivity index is 1.49. The third-order valence-electron chi connectivity index (χ3n) is 4.68. The normalized spacial score (nSPS) is 34.2. The van der Waals surface area contributed by atoms with E-state index in [2.05, 4.69) is 23.7 Å². The summed E-state index contributed by atoms with van der Waals surface area (Å²) in [4.78, 5) is 0. The van der Waals surface area contributed by atoms with E-state index in [1.54, 1.807) is 0 Å². The average Bonchev–Trinajstić information content (AvgIpc) is 2.82. The maximum absolute atomic E-state index is 5.94. The molecule has 0 aliphatic heterocycles. The van der Waals surface area contributed by atoms with Gasteiger partial charge >= 0.3 is 0 Å². The van der Waals surface area contributed by atoms with Gasteiger partial charge in [-0.25, -0.2) is 0 Å². The maximum atomic E-state index is 5.94. The molecule has 2 aliphatic rings. The van der Waals surface area contributed by atoms with Crippen LogP contribution in [0.2, 0.25) is 5.02 Å². The Kier molecular flexibility index (Phi) is 4.40. The van der Waals surface area contributed by atoms with Gasteiger partial charge in [-0.05, 0) is 55.6 Å². The van der Waals surface area contributed by atoms with Gasteiger partial charge < -0.3 is 5.32 Å². The summed E-state index contributed by atoms with van der Waals surface area (Å²) < 4.78 is 0. The van der Waals surface area contributed by atoms with E-state index in [-0.39, 0.29) is 0 Å². The topological polar surface area (TPSA) is 12.0 Å². The second kappa shape index (κ2) is 6.07. The highest BCUT2D eigenvalue weighted by Gasteiger charge is 2.34. The van der Waals surface area contributed by atoms with Gasteiger partial charge in [0, 0.05) is 22.4 Å². The molecule has 0 amide bonds. The standard InChI is InChI=1S/C16H22ClNS/c1-19-16-4-2-3-15(16)18-14-9-12(10-14)11-5-7-13(17)8-6-11/h5-8,12,14-16,18H,2-4,9-10H2,1H3. The van der Waals surface area contributed by atoms with Crippen molar-refractivity contribution in [1.82, 2.24) is 5.32 Å². The van der Waals surface area contributed by atoms with Crippen molar-refractivity contribution in [3.05, 3.63) is 34.9 Å². The lowest BCUT2D eigenvalue weighted by Crippen LogP contribution is -2.47. The third kappa shape index (κ3) is 3.12. The lowest BCUT2D eigenvalue weighted by atomic mass is 9.75. The van der Waals surface area contributed by atoms with Crippen LogP contribution in [-0.4, -0.2) is 23.6 Å². The van der Waals surface area contributed by atoms with E-state index in [0.717, 1.165) is 28.3 Å². The summed E-state index contributed by atoms with van der Waals surface area (Å²) in [6.45, 7) is 0. The molecule has 3 heteroatoms. The lowest BCUT2D eigenvalue weighted by molar-refractivity contribution is 0.266. The van der Waals surface area contributed by atoms with Gasteiger partial charge in [-0.15, -0.1) is 0 Å². The maximum Gasteiger partial charge on any atom is 0.0406 e. The van der Waals surface area contributed by atoms with Gasteiger partial charge in [-0.2, -0.15) is 11.8 Å². The van der Waals surface area contributed by atoms with Crippen molar-refractivity contribution in [3.8, 4) is 0 Å². The molecule has 1 aromatic carbocycles. The Labute approximate surface area is 125 Å². The number of halogens is 1. The molecule has 2 fully saturated rings. The molecular weight excluding hydrogens is 274 g/mol. The zero-order valence-electron chi connectivity index (χ0n) is 11.4. The molecule has 1 N–H and O–H groups in total. The van der Waals surface area contributed by atoms with Crippen molar-refractivity contribution in [1.29, 1.82) is 0 Å². The highest BCUT2D eigenvalue weighted by Crippen LogP contribution is 2.39. The molecule has 2 saturated carbocycles. The first-order valence-corrected chi connectivity index (χ1v) is 8.97. The van der Waals surface area contributed by atoms with Gasteiger partial charge in [0.25, 0.3) is 0 Å². The van der Waals surface area contributed by atoms with Crippen molar-refractivity contribution < 1.29 is 0 Å².